The van der Waals surface area contributed by atoms with Crippen molar-refractivity contribution in [3.05, 3.63) is 46.8 Å². The summed E-state index contributed by atoms with van der Waals surface area (Å²) >= 11 is 5.68. The molecule has 1 aromatic rings. The number of hydrogen-bond acceptors (Lipinski definition) is 2. The Bertz CT molecular complexity index is 546. The van der Waals surface area contributed by atoms with Gasteiger partial charge in [-0.1, -0.05) is 17.7 Å². The zero-order chi connectivity index (χ0) is 16.3. The molecule has 9 heteroatoms. The van der Waals surface area contributed by atoms with E-state index in [0.29, 0.717) is 38.7 Å². The molecule has 1 N–H and O–H groups in total. The molecule has 0 unspecified atom stereocenters. The Morgan fingerprint density at radius 2 is 1.83 bits per heavy atom. The summed E-state index contributed by atoms with van der Waals surface area (Å²) in [4.78, 5) is 1.95. The molecule has 0 amide bonds. The smallest absolute Gasteiger partial charge is 0.314 e. The number of hydrogen-bond donors (Lipinski definition) is 1. The Labute approximate surface area is 156 Å². The number of alkyl halides is 3. The van der Waals surface area contributed by atoms with Gasteiger partial charge in [0.1, 0.15) is 5.82 Å². The topological polar surface area (TPSA) is 15.3 Å². The van der Waals surface area contributed by atoms with E-state index in [1.54, 1.807) is 6.08 Å². The van der Waals surface area contributed by atoms with Crippen LogP contribution < -0.4 is 5.32 Å². The molecule has 1 aliphatic rings. The molecule has 0 aliphatic carbocycles. The normalized spacial score (nSPS) is 16.7. The van der Waals surface area contributed by atoms with Gasteiger partial charge in [-0.25, -0.2) is 4.39 Å². The summed E-state index contributed by atoms with van der Waals surface area (Å²) in [6, 6.07) is 0.986. The SMILES string of the molecule is C=CC[C@H](c1cc(C(F)(F)F)cc(Cl)c1F)N1CCNCC1.Cl.Cl. The molecule has 1 aromatic carbocycles. The van der Waals surface area contributed by atoms with E-state index in [2.05, 4.69) is 11.9 Å². The summed E-state index contributed by atoms with van der Waals surface area (Å²) in [5.41, 5.74) is -0.959. The van der Waals surface area contributed by atoms with E-state index >= 15 is 0 Å². The zero-order valence-corrected chi connectivity index (χ0v) is 15.1. The first-order valence-corrected chi connectivity index (χ1v) is 7.34. The van der Waals surface area contributed by atoms with E-state index < -0.39 is 28.6 Å². The van der Waals surface area contributed by atoms with Crippen molar-refractivity contribution in [3.63, 3.8) is 0 Å². The van der Waals surface area contributed by atoms with Gasteiger partial charge in [0.15, 0.2) is 0 Å². The lowest BCUT2D eigenvalue weighted by Crippen LogP contribution is -2.45. The fourth-order valence-electron chi connectivity index (χ4n) is 2.64. The number of nitrogens with one attached hydrogen (secondary N) is 1. The van der Waals surface area contributed by atoms with Gasteiger partial charge in [0.05, 0.1) is 10.6 Å². The highest BCUT2D eigenvalue weighted by molar-refractivity contribution is 6.30. The van der Waals surface area contributed by atoms with Gasteiger partial charge in [-0.2, -0.15) is 13.2 Å². The van der Waals surface area contributed by atoms with Crippen LogP contribution in [0.15, 0.2) is 24.8 Å². The third-order valence-electron chi connectivity index (χ3n) is 3.72. The lowest BCUT2D eigenvalue weighted by atomic mass is 9.98. The van der Waals surface area contributed by atoms with Crippen molar-refractivity contribution in [1.82, 2.24) is 10.2 Å². The molecule has 0 bridgehead atoms. The number of halogens is 7. The van der Waals surface area contributed by atoms with Crippen LogP contribution >= 0.6 is 36.4 Å². The second-order valence-electron chi connectivity index (χ2n) is 5.19. The molecule has 1 fully saturated rings. The van der Waals surface area contributed by atoms with Gasteiger partial charge < -0.3 is 5.32 Å². The largest absolute Gasteiger partial charge is 0.416 e. The van der Waals surface area contributed by atoms with Gasteiger partial charge in [-0.05, 0) is 18.6 Å². The summed E-state index contributed by atoms with van der Waals surface area (Å²) < 4.78 is 53.2. The highest BCUT2D eigenvalue weighted by Gasteiger charge is 2.34. The third-order valence-corrected chi connectivity index (χ3v) is 4.00. The molecular formula is C15H19Cl3F4N2. The van der Waals surface area contributed by atoms with Crippen LogP contribution in [0.25, 0.3) is 0 Å². The van der Waals surface area contributed by atoms with E-state index in [1.807, 2.05) is 4.90 Å². The van der Waals surface area contributed by atoms with E-state index in [1.165, 1.54) is 0 Å². The fourth-order valence-corrected chi connectivity index (χ4v) is 2.87. The van der Waals surface area contributed by atoms with Crippen LogP contribution in [0.2, 0.25) is 5.02 Å². The predicted molar refractivity (Wildman–Crippen MR) is 92.9 cm³/mol. The molecule has 2 rings (SSSR count). The Kier molecular flexibility index (Phi) is 9.61. The van der Waals surface area contributed by atoms with Crippen LogP contribution in [0.1, 0.15) is 23.6 Å². The Hall–Kier alpha value is -0.530. The molecule has 1 atom stereocenters. The minimum Gasteiger partial charge on any atom is -0.314 e. The van der Waals surface area contributed by atoms with Crippen molar-refractivity contribution in [2.24, 2.45) is 0 Å². The van der Waals surface area contributed by atoms with Crippen LogP contribution in [-0.2, 0) is 6.18 Å². The monoisotopic (exact) mass is 408 g/mol. The molecule has 0 spiro atoms. The van der Waals surface area contributed by atoms with Crippen LogP contribution in [0.3, 0.4) is 0 Å². The molecule has 2 nitrogen and oxygen atoms in total. The van der Waals surface area contributed by atoms with Crippen LogP contribution in [-0.4, -0.2) is 31.1 Å². The zero-order valence-electron chi connectivity index (χ0n) is 12.7. The fraction of sp³-hybridized carbons (Fsp3) is 0.467. The minimum absolute atomic E-state index is 0. The first-order chi connectivity index (χ1) is 10.3. The van der Waals surface area contributed by atoms with E-state index in [-0.39, 0.29) is 30.4 Å². The first kappa shape index (κ1) is 23.5. The van der Waals surface area contributed by atoms with Crippen molar-refractivity contribution in [2.45, 2.75) is 18.6 Å². The Morgan fingerprint density at radius 1 is 1.25 bits per heavy atom. The molecule has 24 heavy (non-hydrogen) atoms. The molecule has 0 saturated carbocycles. The minimum atomic E-state index is -4.56. The van der Waals surface area contributed by atoms with Gasteiger partial charge in [-0.15, -0.1) is 31.4 Å². The van der Waals surface area contributed by atoms with Crippen molar-refractivity contribution in [2.75, 3.05) is 26.2 Å². The molecule has 138 valence electrons. The molecule has 0 radical (unpaired) electrons. The average Bonchev–Trinajstić information content (AvgIpc) is 2.47. The predicted octanol–water partition coefficient (Wildman–Crippen LogP) is 4.86. The molecule has 1 saturated heterocycles. The summed E-state index contributed by atoms with van der Waals surface area (Å²) in [7, 11) is 0. The van der Waals surface area contributed by atoms with E-state index in [0.717, 1.165) is 6.07 Å². The van der Waals surface area contributed by atoms with E-state index in [9.17, 15) is 17.6 Å². The maximum Gasteiger partial charge on any atom is 0.416 e. The Balaban J connectivity index is 0.00000264. The van der Waals surface area contributed by atoms with Gasteiger partial charge in [-0.3, -0.25) is 4.90 Å². The van der Waals surface area contributed by atoms with Gasteiger partial charge in [0, 0.05) is 37.8 Å². The summed E-state index contributed by atoms with van der Waals surface area (Å²) in [5, 5.41) is 2.65. The summed E-state index contributed by atoms with van der Waals surface area (Å²) in [6.45, 7) is 6.31. The van der Waals surface area contributed by atoms with Gasteiger partial charge in [0.25, 0.3) is 0 Å². The standard InChI is InChI=1S/C15H17ClF4N2.2ClH/c1-2-3-13(22-6-4-21-5-7-22)11-8-10(15(18,19)20)9-12(16)14(11)17;;/h2,8-9,13,21H,1,3-7H2;2*1H/t13-;;/m1../s1. The van der Waals surface area contributed by atoms with Crippen LogP contribution in [0.5, 0.6) is 0 Å². The highest BCUT2D eigenvalue weighted by atomic mass is 35.5. The quantitative estimate of drug-likeness (QED) is 0.564. The van der Waals surface area contributed by atoms with E-state index in [4.69, 9.17) is 11.6 Å². The lowest BCUT2D eigenvalue weighted by molar-refractivity contribution is -0.137. The number of nitrogens with zero attached hydrogens (tertiary/aromatic N) is 1. The van der Waals surface area contributed by atoms with Gasteiger partial charge in [0.2, 0.25) is 0 Å². The number of rotatable bonds is 4. The summed E-state index contributed by atoms with van der Waals surface area (Å²) in [6.07, 6.45) is -2.62. The molecule has 1 heterocycles. The third kappa shape index (κ3) is 5.49. The average molecular weight is 410 g/mol. The maximum atomic E-state index is 14.3. The van der Waals surface area contributed by atoms with Crippen LogP contribution in [0.4, 0.5) is 17.6 Å². The lowest BCUT2D eigenvalue weighted by Gasteiger charge is -2.35. The number of piperazine rings is 1. The second kappa shape index (κ2) is 9.82. The first-order valence-electron chi connectivity index (χ1n) is 6.96. The van der Waals surface area contributed by atoms with Gasteiger partial charge >= 0.3 is 6.18 Å². The number of benzene rings is 1. The van der Waals surface area contributed by atoms with Crippen molar-refractivity contribution < 1.29 is 17.6 Å². The molecule has 1 aliphatic heterocycles. The van der Waals surface area contributed by atoms with Crippen LogP contribution in [0, 0.1) is 5.82 Å². The summed E-state index contributed by atoms with van der Waals surface area (Å²) in [5.74, 6) is -0.792. The molecular weight excluding hydrogens is 391 g/mol. The maximum absolute atomic E-state index is 14.3. The second-order valence-corrected chi connectivity index (χ2v) is 5.59. The van der Waals surface area contributed by atoms with Crippen molar-refractivity contribution in [1.29, 1.82) is 0 Å². The van der Waals surface area contributed by atoms with Crippen molar-refractivity contribution >= 4 is 36.4 Å². The highest BCUT2D eigenvalue weighted by Crippen LogP contribution is 2.37. The van der Waals surface area contributed by atoms with Crippen molar-refractivity contribution in [3.8, 4) is 0 Å². The molecule has 0 aromatic heterocycles. The Morgan fingerprint density at radius 3 is 2.33 bits per heavy atom.